The zero-order valence-electron chi connectivity index (χ0n) is 14.9. The van der Waals surface area contributed by atoms with Gasteiger partial charge in [0.1, 0.15) is 10.9 Å². The first kappa shape index (κ1) is 16.9. The normalized spacial score (nSPS) is 14.0. The summed E-state index contributed by atoms with van der Waals surface area (Å²) in [7, 11) is 0. The summed E-state index contributed by atoms with van der Waals surface area (Å²) in [5, 5.41) is 1.98. The quantitative estimate of drug-likeness (QED) is 0.385. The molecule has 0 saturated heterocycles. The van der Waals surface area contributed by atoms with E-state index in [9.17, 15) is 4.79 Å². The van der Waals surface area contributed by atoms with Crippen molar-refractivity contribution in [3.8, 4) is 0 Å². The Morgan fingerprint density at radius 3 is 2.93 bits per heavy atom. The predicted octanol–water partition coefficient (Wildman–Crippen LogP) is 4.18. The van der Waals surface area contributed by atoms with Crippen LogP contribution in [0.5, 0.6) is 0 Å². The molecular formula is C20H18N4OS2. The number of nitrogens with zero attached hydrogens (tertiary/aromatic N) is 4. The van der Waals surface area contributed by atoms with Gasteiger partial charge in [-0.15, -0.1) is 11.3 Å². The fraction of sp³-hybridized carbons (Fsp3) is 0.300. The fourth-order valence-electron chi connectivity index (χ4n) is 3.63. The minimum atomic E-state index is 0.0405. The van der Waals surface area contributed by atoms with Crippen LogP contribution in [-0.4, -0.2) is 19.4 Å². The van der Waals surface area contributed by atoms with E-state index in [1.54, 1.807) is 29.2 Å². The number of hydrogen-bond donors (Lipinski definition) is 0. The average molecular weight is 395 g/mol. The molecular weight excluding hydrogens is 376 g/mol. The number of hydrogen-bond acceptors (Lipinski definition) is 6. The zero-order chi connectivity index (χ0) is 18.4. The second-order valence-electron chi connectivity index (χ2n) is 6.76. The third kappa shape index (κ3) is 3.04. The first-order valence-corrected chi connectivity index (χ1v) is 10.9. The van der Waals surface area contributed by atoms with Crippen molar-refractivity contribution in [1.82, 2.24) is 19.4 Å². The van der Waals surface area contributed by atoms with Crippen LogP contribution in [0.2, 0.25) is 0 Å². The summed E-state index contributed by atoms with van der Waals surface area (Å²) < 4.78 is 1.82. The first-order valence-electron chi connectivity index (χ1n) is 9.08. The van der Waals surface area contributed by atoms with Crippen LogP contribution in [0.3, 0.4) is 0 Å². The molecule has 1 aromatic carbocycles. The van der Waals surface area contributed by atoms with Crippen molar-refractivity contribution in [2.24, 2.45) is 0 Å². The van der Waals surface area contributed by atoms with Gasteiger partial charge in [-0.25, -0.2) is 15.0 Å². The molecule has 1 aliphatic carbocycles. The third-order valence-corrected chi connectivity index (χ3v) is 7.02. The SMILES string of the molecule is Cc1nc(SCc2cc(=O)n3c4c(sc3n2)CCCC4)c2ccccc2n1. The molecule has 0 unspecified atom stereocenters. The van der Waals surface area contributed by atoms with E-state index in [0.717, 1.165) is 51.7 Å². The van der Waals surface area contributed by atoms with Crippen LogP contribution < -0.4 is 5.56 Å². The number of fused-ring (bicyclic) bond motifs is 4. The molecule has 3 aromatic heterocycles. The minimum Gasteiger partial charge on any atom is -0.269 e. The molecule has 5 rings (SSSR count). The Morgan fingerprint density at radius 1 is 1.15 bits per heavy atom. The Hall–Kier alpha value is -2.25. The summed E-state index contributed by atoms with van der Waals surface area (Å²) in [5.74, 6) is 1.37. The summed E-state index contributed by atoms with van der Waals surface area (Å²) in [6, 6.07) is 9.70. The molecule has 0 amide bonds. The number of aromatic nitrogens is 4. The largest absolute Gasteiger partial charge is 0.269 e. The van der Waals surface area contributed by atoms with Gasteiger partial charge in [-0.3, -0.25) is 9.20 Å². The lowest BCUT2D eigenvalue weighted by Gasteiger charge is -2.10. The Balaban J connectivity index is 1.50. The minimum absolute atomic E-state index is 0.0405. The van der Waals surface area contributed by atoms with Gasteiger partial charge < -0.3 is 0 Å². The van der Waals surface area contributed by atoms with E-state index in [1.165, 1.54) is 17.0 Å². The lowest BCUT2D eigenvalue weighted by atomic mass is 10.0. The maximum absolute atomic E-state index is 12.7. The Kier molecular flexibility index (Phi) is 4.21. The highest BCUT2D eigenvalue weighted by molar-refractivity contribution is 7.98. The van der Waals surface area contributed by atoms with Gasteiger partial charge >= 0.3 is 0 Å². The first-order chi connectivity index (χ1) is 13.2. The summed E-state index contributed by atoms with van der Waals surface area (Å²) in [5.41, 5.74) is 2.97. The molecule has 0 radical (unpaired) electrons. The van der Waals surface area contributed by atoms with E-state index in [-0.39, 0.29) is 5.56 Å². The van der Waals surface area contributed by atoms with Crippen molar-refractivity contribution in [2.45, 2.75) is 43.4 Å². The second kappa shape index (κ2) is 6.73. The Bertz CT molecular complexity index is 1230. The highest BCUT2D eigenvalue weighted by Gasteiger charge is 2.18. The number of thioether (sulfide) groups is 1. The van der Waals surface area contributed by atoms with E-state index < -0.39 is 0 Å². The molecule has 0 aliphatic heterocycles. The summed E-state index contributed by atoms with van der Waals surface area (Å²) in [4.78, 5) is 28.7. The van der Waals surface area contributed by atoms with Crippen LogP contribution in [0.4, 0.5) is 0 Å². The molecule has 3 heterocycles. The van der Waals surface area contributed by atoms with Gasteiger partial charge in [0, 0.05) is 27.8 Å². The molecule has 0 spiro atoms. The van der Waals surface area contributed by atoms with Crippen molar-refractivity contribution in [2.75, 3.05) is 0 Å². The van der Waals surface area contributed by atoms with E-state index in [4.69, 9.17) is 4.98 Å². The molecule has 5 nitrogen and oxygen atoms in total. The van der Waals surface area contributed by atoms with Crippen molar-refractivity contribution in [3.63, 3.8) is 0 Å². The summed E-state index contributed by atoms with van der Waals surface area (Å²) >= 11 is 3.28. The van der Waals surface area contributed by atoms with Crippen molar-refractivity contribution < 1.29 is 0 Å². The van der Waals surface area contributed by atoms with Crippen LogP contribution in [-0.2, 0) is 18.6 Å². The van der Waals surface area contributed by atoms with Crippen molar-refractivity contribution >= 4 is 39.0 Å². The number of aryl methyl sites for hydroxylation is 3. The lowest BCUT2D eigenvalue weighted by Crippen LogP contribution is -2.17. The van der Waals surface area contributed by atoms with Crippen molar-refractivity contribution in [1.29, 1.82) is 0 Å². The molecule has 136 valence electrons. The molecule has 4 aromatic rings. The van der Waals surface area contributed by atoms with Gasteiger partial charge in [-0.1, -0.05) is 30.0 Å². The smallest absolute Gasteiger partial charge is 0.259 e. The third-order valence-electron chi connectivity index (χ3n) is 4.85. The van der Waals surface area contributed by atoms with Crippen LogP contribution in [0.25, 0.3) is 15.9 Å². The monoisotopic (exact) mass is 394 g/mol. The van der Waals surface area contributed by atoms with Gasteiger partial charge in [-0.2, -0.15) is 0 Å². The van der Waals surface area contributed by atoms with Crippen LogP contribution >= 0.6 is 23.1 Å². The molecule has 7 heteroatoms. The highest BCUT2D eigenvalue weighted by atomic mass is 32.2. The van der Waals surface area contributed by atoms with Gasteiger partial charge in [0.25, 0.3) is 5.56 Å². The van der Waals surface area contributed by atoms with E-state index >= 15 is 0 Å². The molecule has 0 N–H and O–H groups in total. The van der Waals surface area contributed by atoms with Gasteiger partial charge in [-0.05, 0) is 38.7 Å². The van der Waals surface area contributed by atoms with Gasteiger partial charge in [0.2, 0.25) is 0 Å². The van der Waals surface area contributed by atoms with E-state index in [2.05, 4.69) is 9.97 Å². The maximum atomic E-state index is 12.7. The molecule has 1 aliphatic rings. The second-order valence-corrected chi connectivity index (χ2v) is 8.79. The Morgan fingerprint density at radius 2 is 2.00 bits per heavy atom. The number of para-hydroxylation sites is 1. The standard InChI is InChI=1S/C20H18N4OS2/c1-12-21-15-7-3-2-6-14(15)19(22-12)26-11-13-10-18(25)24-16-8-4-5-9-17(16)27-20(24)23-13/h2-3,6-7,10H,4-5,8-9,11H2,1H3. The maximum Gasteiger partial charge on any atom is 0.259 e. The lowest BCUT2D eigenvalue weighted by molar-refractivity contribution is 0.670. The van der Waals surface area contributed by atoms with Gasteiger partial charge in [0.05, 0.1) is 11.2 Å². The van der Waals surface area contributed by atoms with Gasteiger partial charge in [0.15, 0.2) is 4.96 Å². The summed E-state index contributed by atoms with van der Waals surface area (Å²) in [6.45, 7) is 1.91. The van der Waals surface area contributed by atoms with E-state index in [1.807, 2.05) is 35.6 Å². The van der Waals surface area contributed by atoms with Crippen molar-refractivity contribution in [3.05, 3.63) is 62.8 Å². The zero-order valence-corrected chi connectivity index (χ0v) is 16.6. The topological polar surface area (TPSA) is 60.2 Å². The molecule has 27 heavy (non-hydrogen) atoms. The average Bonchev–Trinajstić information content (AvgIpc) is 3.04. The van der Waals surface area contributed by atoms with E-state index in [0.29, 0.717) is 5.75 Å². The highest BCUT2D eigenvalue weighted by Crippen LogP contribution is 2.30. The van der Waals surface area contributed by atoms with Crippen LogP contribution in [0.15, 0.2) is 40.2 Å². The summed E-state index contributed by atoms with van der Waals surface area (Å²) in [6.07, 6.45) is 4.41. The fourth-order valence-corrected chi connectivity index (χ4v) is 5.82. The molecule has 0 saturated carbocycles. The Labute approximate surface area is 164 Å². The van der Waals surface area contributed by atoms with Crippen LogP contribution in [0, 0.1) is 6.92 Å². The predicted molar refractivity (Wildman–Crippen MR) is 110 cm³/mol. The molecule has 0 bridgehead atoms. The van der Waals surface area contributed by atoms with Crippen LogP contribution in [0.1, 0.15) is 34.9 Å². The number of thiazole rings is 1. The number of benzene rings is 1. The molecule has 0 fully saturated rings. The number of rotatable bonds is 3. The molecule has 0 atom stereocenters.